The van der Waals surface area contributed by atoms with Crippen LogP contribution in [-0.2, 0) is 4.79 Å². The van der Waals surface area contributed by atoms with Crippen molar-refractivity contribution < 1.29 is 14.3 Å². The van der Waals surface area contributed by atoms with Crippen molar-refractivity contribution in [3.63, 3.8) is 0 Å². The highest BCUT2D eigenvalue weighted by Crippen LogP contribution is 2.31. The van der Waals surface area contributed by atoms with Gasteiger partial charge in [-0.15, -0.1) is 0 Å². The van der Waals surface area contributed by atoms with Crippen LogP contribution in [0.15, 0.2) is 48.7 Å². The maximum Gasteiger partial charge on any atom is 0.267 e. The molecule has 2 aliphatic rings. The standard InChI is InChI=1S/C21H22N4O3/c26-21(20-13-27-18-3-1-2-4-19(18)28-20)25-9-7-15(8-10-25)23-16-5-6-17-14(11-16)12-22-24-17/h1-6,11-12,15,20,23H,7-10,13H2,(H,22,24). The second-order valence-electron chi connectivity index (χ2n) is 7.28. The Hall–Kier alpha value is -3.22. The van der Waals surface area contributed by atoms with E-state index in [4.69, 9.17) is 9.47 Å². The van der Waals surface area contributed by atoms with E-state index in [2.05, 4.69) is 27.6 Å². The third kappa shape index (κ3) is 3.24. The second-order valence-corrected chi connectivity index (χ2v) is 7.28. The highest BCUT2D eigenvalue weighted by atomic mass is 16.6. The van der Waals surface area contributed by atoms with Gasteiger partial charge in [-0.3, -0.25) is 9.89 Å². The second kappa shape index (κ2) is 7.07. The maximum absolute atomic E-state index is 12.8. The summed E-state index contributed by atoms with van der Waals surface area (Å²) in [6, 6.07) is 14.0. The normalized spacial score (nSPS) is 19.6. The first-order valence-corrected chi connectivity index (χ1v) is 9.63. The summed E-state index contributed by atoms with van der Waals surface area (Å²) in [5, 5.41) is 11.7. The van der Waals surface area contributed by atoms with E-state index in [0.717, 1.165) is 29.4 Å². The number of amides is 1. The van der Waals surface area contributed by atoms with Crippen LogP contribution < -0.4 is 14.8 Å². The van der Waals surface area contributed by atoms with Gasteiger partial charge < -0.3 is 19.7 Å². The first kappa shape index (κ1) is 16.9. The van der Waals surface area contributed by atoms with E-state index in [1.165, 1.54) is 0 Å². The van der Waals surface area contributed by atoms with Crippen LogP contribution in [0.3, 0.4) is 0 Å². The summed E-state index contributed by atoms with van der Waals surface area (Å²) in [6.45, 7) is 1.69. The fourth-order valence-corrected chi connectivity index (χ4v) is 3.86. The molecule has 0 saturated carbocycles. The molecule has 1 atom stereocenters. The quantitative estimate of drug-likeness (QED) is 0.733. The molecule has 1 amide bonds. The molecular formula is C21H22N4O3. The van der Waals surface area contributed by atoms with Crippen LogP contribution in [0.2, 0.25) is 0 Å². The van der Waals surface area contributed by atoms with E-state index in [1.807, 2.05) is 41.4 Å². The number of H-pyrrole nitrogens is 1. The monoisotopic (exact) mass is 378 g/mol. The van der Waals surface area contributed by atoms with Gasteiger partial charge in [0.1, 0.15) is 6.61 Å². The van der Waals surface area contributed by atoms with E-state index in [9.17, 15) is 4.79 Å². The highest BCUT2D eigenvalue weighted by Gasteiger charge is 2.33. The van der Waals surface area contributed by atoms with Crippen LogP contribution in [0, 0.1) is 0 Å². The molecule has 0 spiro atoms. The lowest BCUT2D eigenvalue weighted by atomic mass is 10.0. The first-order valence-electron chi connectivity index (χ1n) is 9.63. The number of hydrogen-bond donors (Lipinski definition) is 2. The zero-order valence-electron chi connectivity index (χ0n) is 15.4. The fraction of sp³-hybridized carbons (Fsp3) is 0.333. The van der Waals surface area contributed by atoms with Gasteiger partial charge in [-0.2, -0.15) is 5.10 Å². The zero-order valence-corrected chi connectivity index (χ0v) is 15.4. The number of anilines is 1. The third-order valence-corrected chi connectivity index (χ3v) is 5.40. The molecule has 0 radical (unpaired) electrons. The number of aromatic amines is 1. The average Bonchev–Trinajstić information content (AvgIpc) is 3.21. The molecule has 1 aromatic heterocycles. The lowest BCUT2D eigenvalue weighted by molar-refractivity contribution is -0.142. The maximum atomic E-state index is 12.8. The van der Waals surface area contributed by atoms with E-state index in [-0.39, 0.29) is 12.5 Å². The smallest absolute Gasteiger partial charge is 0.267 e. The van der Waals surface area contributed by atoms with Gasteiger partial charge in [-0.05, 0) is 43.2 Å². The Morgan fingerprint density at radius 1 is 1.14 bits per heavy atom. The molecule has 28 heavy (non-hydrogen) atoms. The number of rotatable bonds is 3. The third-order valence-electron chi connectivity index (χ3n) is 5.40. The van der Waals surface area contributed by atoms with Crippen LogP contribution in [0.4, 0.5) is 5.69 Å². The Balaban J connectivity index is 1.17. The number of hydrogen-bond acceptors (Lipinski definition) is 5. The van der Waals surface area contributed by atoms with Gasteiger partial charge in [-0.1, -0.05) is 12.1 Å². The Kier molecular flexibility index (Phi) is 4.27. The SMILES string of the molecule is O=C(C1COc2ccccc2O1)N1CCC(Nc2ccc3[nH]ncc3c2)CC1. The van der Waals surface area contributed by atoms with Crippen LogP contribution >= 0.6 is 0 Å². The number of carbonyl (C=O) groups excluding carboxylic acids is 1. The molecule has 2 aromatic carbocycles. The van der Waals surface area contributed by atoms with Crippen molar-refractivity contribution in [2.75, 3.05) is 25.0 Å². The van der Waals surface area contributed by atoms with Crippen molar-refractivity contribution in [1.82, 2.24) is 15.1 Å². The van der Waals surface area contributed by atoms with Gasteiger partial charge in [0, 0.05) is 30.2 Å². The van der Waals surface area contributed by atoms with Gasteiger partial charge >= 0.3 is 0 Å². The van der Waals surface area contributed by atoms with Gasteiger partial charge in [0.05, 0.1) is 11.7 Å². The van der Waals surface area contributed by atoms with Gasteiger partial charge in [0.25, 0.3) is 5.91 Å². The van der Waals surface area contributed by atoms with Crippen LogP contribution in [0.5, 0.6) is 11.5 Å². The minimum absolute atomic E-state index is 0.00719. The number of nitrogens with one attached hydrogen (secondary N) is 2. The number of benzene rings is 2. The van der Waals surface area contributed by atoms with Crippen LogP contribution in [-0.4, -0.2) is 52.8 Å². The molecule has 5 rings (SSSR count). The predicted octanol–water partition coefficient (Wildman–Crippen LogP) is 2.81. The van der Waals surface area contributed by atoms with E-state index < -0.39 is 6.10 Å². The average molecular weight is 378 g/mol. The first-order chi connectivity index (χ1) is 13.8. The van der Waals surface area contributed by atoms with E-state index in [0.29, 0.717) is 30.6 Å². The molecule has 2 N–H and O–H groups in total. The molecule has 3 heterocycles. The molecule has 0 aliphatic carbocycles. The molecule has 7 heteroatoms. The summed E-state index contributed by atoms with van der Waals surface area (Å²) in [4.78, 5) is 14.7. The van der Waals surface area contributed by atoms with Crippen LogP contribution in [0.25, 0.3) is 10.9 Å². The van der Waals surface area contributed by atoms with Gasteiger partial charge in [0.15, 0.2) is 11.5 Å². The summed E-state index contributed by atoms with van der Waals surface area (Å²) in [6.07, 6.45) is 3.06. The highest BCUT2D eigenvalue weighted by molar-refractivity contribution is 5.82. The Morgan fingerprint density at radius 3 is 2.82 bits per heavy atom. The van der Waals surface area contributed by atoms with Crippen molar-refractivity contribution in [2.24, 2.45) is 0 Å². The molecule has 1 saturated heterocycles. The molecule has 2 aliphatic heterocycles. The van der Waals surface area contributed by atoms with E-state index in [1.54, 1.807) is 0 Å². The summed E-state index contributed by atoms with van der Waals surface area (Å²) < 4.78 is 11.5. The molecule has 1 unspecified atom stereocenters. The number of piperidine rings is 1. The van der Waals surface area contributed by atoms with Crippen molar-refractivity contribution in [3.05, 3.63) is 48.7 Å². The number of aromatic nitrogens is 2. The minimum Gasteiger partial charge on any atom is -0.485 e. The van der Waals surface area contributed by atoms with Crippen molar-refractivity contribution in [1.29, 1.82) is 0 Å². The van der Waals surface area contributed by atoms with Crippen molar-refractivity contribution in [2.45, 2.75) is 25.0 Å². The Labute approximate surface area is 162 Å². The minimum atomic E-state index is -0.567. The van der Waals surface area contributed by atoms with E-state index >= 15 is 0 Å². The zero-order chi connectivity index (χ0) is 18.9. The Morgan fingerprint density at radius 2 is 1.96 bits per heavy atom. The number of likely N-dealkylation sites (tertiary alicyclic amines) is 1. The lowest BCUT2D eigenvalue weighted by Gasteiger charge is -2.36. The number of ether oxygens (including phenoxy) is 2. The molecule has 3 aromatic rings. The molecule has 0 bridgehead atoms. The summed E-state index contributed by atoms with van der Waals surface area (Å²) in [7, 11) is 0. The number of carbonyl (C=O) groups is 1. The lowest BCUT2D eigenvalue weighted by Crippen LogP contribution is -2.50. The van der Waals surface area contributed by atoms with Crippen molar-refractivity contribution in [3.8, 4) is 11.5 Å². The summed E-state index contributed by atoms with van der Waals surface area (Å²) >= 11 is 0. The molecule has 144 valence electrons. The molecule has 7 nitrogen and oxygen atoms in total. The number of para-hydroxylation sites is 2. The summed E-state index contributed by atoms with van der Waals surface area (Å²) in [5.74, 6) is 1.34. The number of nitrogens with zero attached hydrogens (tertiary/aromatic N) is 2. The number of fused-ring (bicyclic) bond motifs is 2. The fourth-order valence-electron chi connectivity index (χ4n) is 3.86. The molecular weight excluding hydrogens is 356 g/mol. The predicted molar refractivity (Wildman–Crippen MR) is 106 cm³/mol. The van der Waals surface area contributed by atoms with Gasteiger partial charge in [-0.25, -0.2) is 0 Å². The summed E-state index contributed by atoms with van der Waals surface area (Å²) in [5.41, 5.74) is 2.11. The van der Waals surface area contributed by atoms with Gasteiger partial charge in [0.2, 0.25) is 6.10 Å². The van der Waals surface area contributed by atoms with Crippen LogP contribution in [0.1, 0.15) is 12.8 Å². The topological polar surface area (TPSA) is 79.5 Å². The van der Waals surface area contributed by atoms with Crippen molar-refractivity contribution >= 4 is 22.5 Å². The Bertz CT molecular complexity index is 994. The largest absolute Gasteiger partial charge is 0.485 e. The molecule has 1 fully saturated rings.